The fourth-order valence-corrected chi connectivity index (χ4v) is 4.68. The van der Waals surface area contributed by atoms with Gasteiger partial charge in [0.1, 0.15) is 12.1 Å². The summed E-state index contributed by atoms with van der Waals surface area (Å²) in [5, 5.41) is 0.0406. The SMILES string of the molecule is CC(=O)C[C@@H](O[Si](C)(C)C(C)(C)C)[C@H](/C=C(/C)C=O)O[Si](C)(C)C(C)(C)C. The number of aldehydes is 1. The Morgan fingerprint density at radius 3 is 1.63 bits per heavy atom. The van der Waals surface area contributed by atoms with Gasteiger partial charge in [0, 0.05) is 6.42 Å². The smallest absolute Gasteiger partial charge is 0.193 e. The fraction of sp³-hybridized carbons (Fsp3) is 0.810. The highest BCUT2D eigenvalue weighted by Crippen LogP contribution is 2.41. The third kappa shape index (κ3) is 8.14. The topological polar surface area (TPSA) is 52.6 Å². The molecular weight excluding hydrogens is 372 g/mol. The molecule has 0 aromatic heterocycles. The number of allylic oxidation sites excluding steroid dienone is 1. The van der Waals surface area contributed by atoms with Crippen LogP contribution in [0.3, 0.4) is 0 Å². The third-order valence-corrected chi connectivity index (χ3v) is 14.9. The van der Waals surface area contributed by atoms with Crippen LogP contribution in [-0.2, 0) is 18.4 Å². The summed E-state index contributed by atoms with van der Waals surface area (Å²) in [4.78, 5) is 23.3. The molecule has 0 aromatic carbocycles. The van der Waals surface area contributed by atoms with E-state index in [1.807, 2.05) is 6.08 Å². The molecule has 0 fully saturated rings. The summed E-state index contributed by atoms with van der Waals surface area (Å²) < 4.78 is 13.3. The number of rotatable bonds is 9. The summed E-state index contributed by atoms with van der Waals surface area (Å²) in [6.07, 6.45) is 2.17. The van der Waals surface area contributed by atoms with Crippen molar-refractivity contribution in [3.63, 3.8) is 0 Å². The monoisotopic (exact) mass is 414 g/mol. The summed E-state index contributed by atoms with van der Waals surface area (Å²) in [6.45, 7) is 25.2. The zero-order chi connectivity index (χ0) is 21.8. The normalized spacial score (nSPS) is 16.8. The molecule has 0 rings (SSSR count). The van der Waals surface area contributed by atoms with Crippen molar-refractivity contribution in [3.05, 3.63) is 11.6 Å². The first-order valence-corrected chi connectivity index (χ1v) is 15.6. The van der Waals surface area contributed by atoms with Crippen molar-refractivity contribution in [2.75, 3.05) is 0 Å². The lowest BCUT2D eigenvalue weighted by atomic mass is 10.1. The minimum absolute atomic E-state index is 0.0198. The summed E-state index contributed by atoms with van der Waals surface area (Å²) >= 11 is 0. The van der Waals surface area contributed by atoms with Crippen LogP contribution < -0.4 is 0 Å². The average molecular weight is 415 g/mol. The van der Waals surface area contributed by atoms with E-state index in [0.29, 0.717) is 5.57 Å². The Hall–Kier alpha value is -0.566. The van der Waals surface area contributed by atoms with E-state index in [1.54, 1.807) is 13.8 Å². The van der Waals surface area contributed by atoms with Gasteiger partial charge in [-0.25, -0.2) is 0 Å². The van der Waals surface area contributed by atoms with E-state index in [0.717, 1.165) is 6.29 Å². The summed E-state index contributed by atoms with van der Waals surface area (Å²) in [6, 6.07) is 0. The van der Waals surface area contributed by atoms with Gasteiger partial charge < -0.3 is 8.85 Å². The quantitative estimate of drug-likeness (QED) is 0.268. The molecule has 0 spiro atoms. The lowest BCUT2D eigenvalue weighted by Crippen LogP contribution is -2.51. The summed E-state index contributed by atoms with van der Waals surface area (Å²) in [7, 11) is -4.23. The average Bonchev–Trinajstić information content (AvgIpc) is 2.42. The highest BCUT2D eigenvalue weighted by molar-refractivity contribution is 6.74. The highest BCUT2D eigenvalue weighted by atomic mass is 28.4. The molecule has 2 atom stereocenters. The van der Waals surface area contributed by atoms with Crippen LogP contribution in [0.1, 0.15) is 61.8 Å². The Morgan fingerprint density at radius 1 is 0.889 bits per heavy atom. The van der Waals surface area contributed by atoms with E-state index in [4.69, 9.17) is 8.85 Å². The second-order valence-corrected chi connectivity index (χ2v) is 20.2. The van der Waals surface area contributed by atoms with Gasteiger partial charge in [-0.3, -0.25) is 9.59 Å². The maximum atomic E-state index is 12.0. The van der Waals surface area contributed by atoms with Gasteiger partial charge in [0.25, 0.3) is 0 Å². The fourth-order valence-electron chi connectivity index (χ4n) is 2.10. The molecule has 158 valence electrons. The lowest BCUT2D eigenvalue weighted by Gasteiger charge is -2.44. The van der Waals surface area contributed by atoms with E-state index >= 15 is 0 Å². The van der Waals surface area contributed by atoms with Crippen molar-refractivity contribution in [1.82, 2.24) is 0 Å². The van der Waals surface area contributed by atoms with Crippen molar-refractivity contribution < 1.29 is 18.4 Å². The molecule has 0 N–H and O–H groups in total. The molecular formula is C21H42O4Si2. The summed E-state index contributed by atoms with van der Waals surface area (Å²) in [5.41, 5.74) is 0.603. The van der Waals surface area contributed by atoms with Crippen LogP contribution in [0, 0.1) is 0 Å². The number of hydrogen-bond acceptors (Lipinski definition) is 4. The van der Waals surface area contributed by atoms with E-state index in [-0.39, 0.29) is 28.4 Å². The van der Waals surface area contributed by atoms with Crippen LogP contribution in [-0.4, -0.2) is 40.9 Å². The molecule has 0 aromatic rings. The number of hydrogen-bond donors (Lipinski definition) is 0. The van der Waals surface area contributed by atoms with Gasteiger partial charge in [0.2, 0.25) is 0 Å². The number of carbonyl (C=O) groups excluding carboxylic acids is 2. The van der Waals surface area contributed by atoms with Crippen molar-refractivity contribution in [3.8, 4) is 0 Å². The van der Waals surface area contributed by atoms with E-state index in [1.165, 1.54) is 0 Å². The molecule has 0 bridgehead atoms. The molecule has 0 heterocycles. The highest BCUT2D eigenvalue weighted by Gasteiger charge is 2.44. The van der Waals surface area contributed by atoms with Crippen molar-refractivity contribution in [1.29, 1.82) is 0 Å². The molecule has 4 nitrogen and oxygen atoms in total. The largest absolute Gasteiger partial charge is 0.411 e. The van der Waals surface area contributed by atoms with Crippen LogP contribution in [0.5, 0.6) is 0 Å². The van der Waals surface area contributed by atoms with Gasteiger partial charge in [-0.05, 0) is 61.8 Å². The summed E-state index contributed by atoms with van der Waals surface area (Å²) in [5.74, 6) is 0.0692. The molecule has 27 heavy (non-hydrogen) atoms. The van der Waals surface area contributed by atoms with Gasteiger partial charge in [-0.15, -0.1) is 0 Å². The van der Waals surface area contributed by atoms with Crippen molar-refractivity contribution >= 4 is 28.7 Å². The molecule has 0 saturated heterocycles. The standard InChI is InChI=1S/C21H42O4Si2/c1-16(15-22)13-18(24-26(9,10)20(3,4)5)19(14-17(2)23)25-27(11,12)21(6,7)8/h13,15,18-19H,14H2,1-12H3/b16-13-/t18-,19+/m0/s1. The van der Waals surface area contributed by atoms with Gasteiger partial charge in [0.15, 0.2) is 16.6 Å². The molecule has 0 unspecified atom stereocenters. The maximum Gasteiger partial charge on any atom is 0.193 e. The second kappa shape index (κ2) is 9.29. The Bertz CT molecular complexity index is 552. The Kier molecular flexibility index (Phi) is 9.09. The van der Waals surface area contributed by atoms with Gasteiger partial charge >= 0.3 is 0 Å². The molecule has 0 saturated carbocycles. The van der Waals surface area contributed by atoms with Gasteiger partial charge in [-0.2, -0.15) is 0 Å². The minimum atomic E-state index is -2.12. The molecule has 0 amide bonds. The van der Waals surface area contributed by atoms with Crippen molar-refractivity contribution in [2.45, 2.75) is 110 Å². The first-order chi connectivity index (χ1) is 11.8. The number of carbonyl (C=O) groups is 2. The lowest BCUT2D eigenvalue weighted by molar-refractivity contribution is -0.119. The molecule has 0 aliphatic heterocycles. The van der Waals surface area contributed by atoms with E-state index in [9.17, 15) is 9.59 Å². The third-order valence-electron chi connectivity index (χ3n) is 5.96. The van der Waals surface area contributed by atoms with E-state index in [2.05, 4.69) is 67.7 Å². The maximum absolute atomic E-state index is 12.0. The minimum Gasteiger partial charge on any atom is -0.411 e. The van der Waals surface area contributed by atoms with E-state index < -0.39 is 22.7 Å². The zero-order valence-electron chi connectivity index (χ0n) is 19.6. The Morgan fingerprint density at radius 2 is 1.30 bits per heavy atom. The molecule has 0 aliphatic rings. The van der Waals surface area contributed by atoms with Crippen LogP contribution in [0.2, 0.25) is 36.3 Å². The number of ketones is 1. The first kappa shape index (κ1) is 26.4. The Balaban J connectivity index is 6.07. The first-order valence-electron chi connectivity index (χ1n) is 9.83. The van der Waals surface area contributed by atoms with Gasteiger partial charge in [0.05, 0.1) is 12.2 Å². The predicted octanol–water partition coefficient (Wildman–Crippen LogP) is 5.89. The van der Waals surface area contributed by atoms with Gasteiger partial charge in [-0.1, -0.05) is 41.5 Å². The number of Topliss-reactive ketones (excluding diaryl/α,β-unsaturated/α-hetero) is 1. The molecule has 0 radical (unpaired) electrons. The van der Waals surface area contributed by atoms with Crippen LogP contribution >= 0.6 is 0 Å². The Labute approximate surface area is 169 Å². The van der Waals surface area contributed by atoms with Crippen molar-refractivity contribution in [2.24, 2.45) is 0 Å². The molecule has 0 aliphatic carbocycles. The van der Waals surface area contributed by atoms with Crippen LogP contribution in [0.4, 0.5) is 0 Å². The predicted molar refractivity (Wildman–Crippen MR) is 119 cm³/mol. The van der Waals surface area contributed by atoms with Crippen LogP contribution in [0.25, 0.3) is 0 Å². The van der Waals surface area contributed by atoms with Crippen LogP contribution in [0.15, 0.2) is 11.6 Å². The second-order valence-electron chi connectivity index (χ2n) is 10.7. The zero-order valence-corrected chi connectivity index (χ0v) is 21.6. The molecule has 6 heteroatoms.